The van der Waals surface area contributed by atoms with Gasteiger partial charge in [0, 0.05) is 11.3 Å². The van der Waals surface area contributed by atoms with Gasteiger partial charge in [-0.05, 0) is 25.5 Å². The van der Waals surface area contributed by atoms with Crippen molar-refractivity contribution in [3.8, 4) is 0 Å². The van der Waals surface area contributed by atoms with Crippen LogP contribution < -0.4 is 0 Å². The van der Waals surface area contributed by atoms with Gasteiger partial charge in [0.15, 0.2) is 0 Å². The summed E-state index contributed by atoms with van der Waals surface area (Å²) in [4.78, 5) is 22.7. The highest BCUT2D eigenvalue weighted by atomic mass is 32.2. The topological polar surface area (TPSA) is 54.4 Å². The number of rotatable bonds is 6. The van der Waals surface area contributed by atoms with Gasteiger partial charge in [0.1, 0.15) is 11.0 Å². The van der Waals surface area contributed by atoms with Crippen molar-refractivity contribution in [3.63, 3.8) is 0 Å². The highest BCUT2D eigenvalue weighted by Gasteiger charge is 2.19. The van der Waals surface area contributed by atoms with Gasteiger partial charge in [0.2, 0.25) is 0 Å². The molecule has 0 amide bonds. The number of carbonyl (C=O) groups is 2. The molecule has 1 aromatic rings. The van der Waals surface area contributed by atoms with Crippen LogP contribution in [-0.2, 0) is 9.59 Å². The van der Waals surface area contributed by atoms with Gasteiger partial charge in [-0.2, -0.15) is 0 Å². The van der Waals surface area contributed by atoms with E-state index in [0.717, 1.165) is 4.90 Å². The Morgan fingerprint density at radius 1 is 1.31 bits per heavy atom. The lowest BCUT2D eigenvalue weighted by molar-refractivity contribution is -0.136. The van der Waals surface area contributed by atoms with Gasteiger partial charge in [-0.25, -0.2) is 0 Å². The molecule has 0 spiro atoms. The van der Waals surface area contributed by atoms with Crippen molar-refractivity contribution in [2.24, 2.45) is 0 Å². The maximum absolute atomic E-state index is 11.0. The Morgan fingerprint density at radius 2 is 1.94 bits per heavy atom. The van der Waals surface area contributed by atoms with Crippen LogP contribution in [0.3, 0.4) is 0 Å². The maximum Gasteiger partial charge on any atom is 0.316 e. The normalized spacial score (nSPS) is 12.1. The minimum atomic E-state index is -0.866. The van der Waals surface area contributed by atoms with E-state index in [1.54, 1.807) is 0 Å². The molecule has 0 aliphatic heterocycles. The molecule has 0 bridgehead atoms. The van der Waals surface area contributed by atoms with Gasteiger partial charge >= 0.3 is 5.97 Å². The van der Waals surface area contributed by atoms with Crippen LogP contribution in [0.1, 0.15) is 19.8 Å². The maximum atomic E-state index is 11.0. The van der Waals surface area contributed by atoms with Crippen LogP contribution >= 0.6 is 11.8 Å². The average Bonchev–Trinajstić information content (AvgIpc) is 2.25. The molecule has 3 nitrogen and oxygen atoms in total. The number of aliphatic carboxylic acids is 1. The van der Waals surface area contributed by atoms with Crippen molar-refractivity contribution in [1.29, 1.82) is 0 Å². The summed E-state index contributed by atoms with van der Waals surface area (Å²) < 4.78 is 0. The van der Waals surface area contributed by atoms with Crippen molar-refractivity contribution in [3.05, 3.63) is 30.3 Å². The molecule has 1 atom stereocenters. The van der Waals surface area contributed by atoms with Crippen LogP contribution in [0.5, 0.6) is 0 Å². The molecule has 86 valence electrons. The summed E-state index contributed by atoms with van der Waals surface area (Å²) in [5.74, 6) is -0.838. The van der Waals surface area contributed by atoms with Crippen LogP contribution in [0, 0.1) is 0 Å². The summed E-state index contributed by atoms with van der Waals surface area (Å²) in [5, 5.41) is 8.47. The Morgan fingerprint density at radius 3 is 2.44 bits per heavy atom. The molecule has 4 heteroatoms. The fraction of sp³-hybridized carbons (Fsp3) is 0.333. The van der Waals surface area contributed by atoms with E-state index < -0.39 is 11.2 Å². The first-order valence-corrected chi connectivity index (χ1v) is 5.91. The van der Waals surface area contributed by atoms with Gasteiger partial charge in [-0.3, -0.25) is 4.79 Å². The third-order valence-corrected chi connectivity index (χ3v) is 3.32. The van der Waals surface area contributed by atoms with E-state index in [9.17, 15) is 9.59 Å². The van der Waals surface area contributed by atoms with Crippen LogP contribution in [0.15, 0.2) is 35.2 Å². The number of hydrogen-bond acceptors (Lipinski definition) is 3. The van der Waals surface area contributed by atoms with E-state index in [1.165, 1.54) is 18.7 Å². The number of carboxylic acid groups (broad SMARTS) is 1. The number of carboxylic acids is 1. The summed E-state index contributed by atoms with van der Waals surface area (Å²) in [6, 6.07) is 9.36. The van der Waals surface area contributed by atoms with Crippen molar-refractivity contribution in [2.75, 3.05) is 0 Å². The smallest absolute Gasteiger partial charge is 0.316 e. The zero-order valence-electron chi connectivity index (χ0n) is 9.05. The molecular weight excluding hydrogens is 224 g/mol. The lowest BCUT2D eigenvalue weighted by atomic mass is 10.2. The first-order valence-electron chi connectivity index (χ1n) is 5.03. The SMILES string of the molecule is CC(=O)CCC(Sc1ccccc1)C(=O)O. The van der Waals surface area contributed by atoms with Gasteiger partial charge in [-0.1, -0.05) is 18.2 Å². The predicted octanol–water partition coefficient (Wildman–Crippen LogP) is 2.60. The number of hydrogen-bond donors (Lipinski definition) is 1. The first-order chi connectivity index (χ1) is 7.59. The molecule has 1 aromatic carbocycles. The second-order valence-electron chi connectivity index (χ2n) is 3.50. The third kappa shape index (κ3) is 4.49. The van der Waals surface area contributed by atoms with E-state index in [2.05, 4.69) is 0 Å². The Hall–Kier alpha value is -1.29. The highest BCUT2D eigenvalue weighted by molar-refractivity contribution is 8.00. The summed E-state index contributed by atoms with van der Waals surface area (Å²) in [5.41, 5.74) is 0. The molecule has 1 unspecified atom stereocenters. The Bertz CT molecular complexity index is 362. The second kappa shape index (κ2) is 6.33. The molecule has 0 aliphatic rings. The van der Waals surface area contributed by atoms with Crippen molar-refractivity contribution < 1.29 is 14.7 Å². The number of benzene rings is 1. The largest absolute Gasteiger partial charge is 0.480 e. The van der Waals surface area contributed by atoms with Gasteiger partial charge in [-0.15, -0.1) is 11.8 Å². The molecule has 0 aliphatic carbocycles. The monoisotopic (exact) mass is 238 g/mol. The minimum Gasteiger partial charge on any atom is -0.480 e. The van der Waals surface area contributed by atoms with Crippen molar-refractivity contribution in [2.45, 2.75) is 29.9 Å². The number of carbonyl (C=O) groups excluding carboxylic acids is 1. The minimum absolute atomic E-state index is 0.0277. The number of ketones is 1. The quantitative estimate of drug-likeness (QED) is 0.774. The van der Waals surface area contributed by atoms with Crippen LogP contribution in [0.4, 0.5) is 0 Å². The van der Waals surface area contributed by atoms with E-state index in [1.807, 2.05) is 30.3 Å². The molecular formula is C12H14O3S. The van der Waals surface area contributed by atoms with Crippen LogP contribution in [0.2, 0.25) is 0 Å². The second-order valence-corrected chi connectivity index (χ2v) is 4.77. The van der Waals surface area contributed by atoms with Gasteiger partial charge in [0.25, 0.3) is 0 Å². The Labute approximate surface area is 98.9 Å². The highest BCUT2D eigenvalue weighted by Crippen LogP contribution is 2.26. The zero-order valence-corrected chi connectivity index (χ0v) is 9.87. The van der Waals surface area contributed by atoms with E-state index >= 15 is 0 Å². The van der Waals surface area contributed by atoms with Crippen LogP contribution in [0.25, 0.3) is 0 Å². The lowest BCUT2D eigenvalue weighted by Gasteiger charge is -2.10. The molecule has 0 fully saturated rings. The molecule has 0 radical (unpaired) electrons. The Balaban J connectivity index is 2.58. The lowest BCUT2D eigenvalue weighted by Crippen LogP contribution is -2.17. The predicted molar refractivity (Wildman–Crippen MR) is 63.6 cm³/mol. The van der Waals surface area contributed by atoms with Crippen molar-refractivity contribution >= 4 is 23.5 Å². The zero-order chi connectivity index (χ0) is 12.0. The Kier molecular flexibility index (Phi) is 5.05. The third-order valence-electron chi connectivity index (χ3n) is 2.06. The summed E-state index contributed by atoms with van der Waals surface area (Å²) in [6.45, 7) is 1.48. The van der Waals surface area contributed by atoms with Gasteiger partial charge < -0.3 is 9.90 Å². The molecule has 0 saturated carbocycles. The average molecular weight is 238 g/mol. The molecule has 0 heterocycles. The molecule has 0 aromatic heterocycles. The molecule has 1 N–H and O–H groups in total. The van der Waals surface area contributed by atoms with Gasteiger partial charge in [0.05, 0.1) is 0 Å². The molecule has 1 rings (SSSR count). The van der Waals surface area contributed by atoms with E-state index in [4.69, 9.17) is 5.11 Å². The fourth-order valence-corrected chi connectivity index (χ4v) is 2.21. The number of thioether (sulfide) groups is 1. The fourth-order valence-electron chi connectivity index (χ4n) is 1.23. The summed E-state index contributed by atoms with van der Waals surface area (Å²) in [7, 11) is 0. The van der Waals surface area contributed by atoms with Crippen LogP contribution in [-0.4, -0.2) is 22.1 Å². The standard InChI is InChI=1S/C12H14O3S/c1-9(13)7-8-11(12(14)15)16-10-5-3-2-4-6-10/h2-6,11H,7-8H2,1H3,(H,14,15). The van der Waals surface area contributed by atoms with E-state index in [0.29, 0.717) is 12.8 Å². The molecule has 0 saturated heterocycles. The number of Topliss-reactive ketones (excluding diaryl/α,β-unsaturated/α-hetero) is 1. The summed E-state index contributed by atoms with van der Waals surface area (Å²) in [6.07, 6.45) is 0.695. The van der Waals surface area contributed by atoms with Crippen molar-refractivity contribution in [1.82, 2.24) is 0 Å². The summed E-state index contributed by atoms with van der Waals surface area (Å²) >= 11 is 1.29. The first kappa shape index (κ1) is 12.8. The van der Waals surface area contributed by atoms with E-state index in [-0.39, 0.29) is 5.78 Å². The molecule has 16 heavy (non-hydrogen) atoms.